The number of nitrogens with one attached hydrogen (secondary N) is 1. The Morgan fingerprint density at radius 3 is 2.34 bits per heavy atom. The number of benzene rings is 2. The summed E-state index contributed by atoms with van der Waals surface area (Å²) in [6.07, 6.45) is 5.07. The lowest BCUT2D eigenvalue weighted by atomic mass is 9.75. The SMILES string of the molecule is CN(C)C1(Cc2ccc(Cl)cc2)CCC(NC(=O)COCc2ccccc2)CC1. The summed E-state index contributed by atoms with van der Waals surface area (Å²) in [5.74, 6) is -0.0269. The van der Waals surface area contributed by atoms with Gasteiger partial charge in [-0.2, -0.15) is 0 Å². The third-order valence-corrected chi connectivity index (χ3v) is 6.27. The molecule has 2 aromatic carbocycles. The third kappa shape index (κ3) is 6.30. The Kier molecular flexibility index (Phi) is 7.70. The number of amides is 1. The quantitative estimate of drug-likeness (QED) is 0.693. The van der Waals surface area contributed by atoms with Crippen molar-refractivity contribution in [2.24, 2.45) is 0 Å². The second-order valence-corrected chi connectivity index (χ2v) is 8.68. The smallest absolute Gasteiger partial charge is 0.246 e. The minimum Gasteiger partial charge on any atom is -0.367 e. The van der Waals surface area contributed by atoms with Crippen molar-refractivity contribution >= 4 is 17.5 Å². The van der Waals surface area contributed by atoms with Gasteiger partial charge in [0.2, 0.25) is 5.91 Å². The number of carbonyl (C=O) groups is 1. The van der Waals surface area contributed by atoms with Crippen LogP contribution in [0.3, 0.4) is 0 Å². The molecule has 0 saturated heterocycles. The van der Waals surface area contributed by atoms with Crippen molar-refractivity contribution in [2.75, 3.05) is 20.7 Å². The Morgan fingerprint density at radius 2 is 1.72 bits per heavy atom. The summed E-state index contributed by atoms with van der Waals surface area (Å²) in [6, 6.07) is 18.3. The maximum Gasteiger partial charge on any atom is 0.246 e. The Balaban J connectivity index is 1.46. The Hall–Kier alpha value is -1.88. The van der Waals surface area contributed by atoms with E-state index in [1.54, 1.807) is 0 Å². The third-order valence-electron chi connectivity index (χ3n) is 6.02. The van der Waals surface area contributed by atoms with Crippen LogP contribution in [0, 0.1) is 0 Å². The van der Waals surface area contributed by atoms with Crippen LogP contribution in [0.15, 0.2) is 54.6 Å². The Morgan fingerprint density at radius 1 is 1.07 bits per heavy atom. The number of ether oxygens (including phenoxy) is 1. The summed E-state index contributed by atoms with van der Waals surface area (Å²) >= 11 is 6.03. The highest BCUT2D eigenvalue weighted by molar-refractivity contribution is 6.30. The van der Waals surface area contributed by atoms with E-state index < -0.39 is 0 Å². The second-order valence-electron chi connectivity index (χ2n) is 8.24. The molecule has 29 heavy (non-hydrogen) atoms. The van der Waals surface area contributed by atoms with Crippen molar-refractivity contribution in [3.8, 4) is 0 Å². The van der Waals surface area contributed by atoms with Crippen LogP contribution >= 0.6 is 11.6 Å². The van der Waals surface area contributed by atoms with E-state index in [9.17, 15) is 4.79 Å². The Bertz CT molecular complexity index is 769. The molecule has 1 saturated carbocycles. The van der Waals surface area contributed by atoms with E-state index in [4.69, 9.17) is 16.3 Å². The van der Waals surface area contributed by atoms with Crippen molar-refractivity contribution in [3.05, 3.63) is 70.7 Å². The maximum atomic E-state index is 12.3. The first-order valence-corrected chi connectivity index (χ1v) is 10.7. The fourth-order valence-corrected chi connectivity index (χ4v) is 4.29. The van der Waals surface area contributed by atoms with Gasteiger partial charge in [0, 0.05) is 16.6 Å². The first-order valence-electron chi connectivity index (χ1n) is 10.3. The summed E-state index contributed by atoms with van der Waals surface area (Å²) in [6.45, 7) is 0.568. The van der Waals surface area contributed by atoms with Crippen molar-refractivity contribution in [3.63, 3.8) is 0 Å². The maximum absolute atomic E-state index is 12.3. The molecule has 2 aromatic rings. The molecule has 1 amide bonds. The molecule has 1 aliphatic carbocycles. The minimum absolute atomic E-state index is 0.0269. The molecule has 1 N–H and O–H groups in total. The average molecular weight is 415 g/mol. The van der Waals surface area contributed by atoms with Crippen LogP contribution < -0.4 is 5.32 Å². The number of nitrogens with zero attached hydrogens (tertiary/aromatic N) is 1. The zero-order valence-corrected chi connectivity index (χ0v) is 18.1. The lowest BCUT2D eigenvalue weighted by Crippen LogP contribution is -2.52. The van der Waals surface area contributed by atoms with Crippen LogP contribution in [0.5, 0.6) is 0 Å². The van der Waals surface area contributed by atoms with Crippen molar-refractivity contribution in [1.82, 2.24) is 10.2 Å². The van der Waals surface area contributed by atoms with Gasteiger partial charge in [0.05, 0.1) is 6.61 Å². The van der Waals surface area contributed by atoms with Gasteiger partial charge >= 0.3 is 0 Å². The van der Waals surface area contributed by atoms with Gasteiger partial charge in [-0.25, -0.2) is 0 Å². The molecule has 3 rings (SSSR count). The van der Waals surface area contributed by atoms with E-state index in [0.29, 0.717) is 6.61 Å². The first kappa shape index (κ1) is 21.8. The van der Waals surface area contributed by atoms with Gasteiger partial charge in [0.1, 0.15) is 6.61 Å². The molecule has 1 fully saturated rings. The number of carbonyl (C=O) groups excluding carboxylic acids is 1. The fourth-order valence-electron chi connectivity index (χ4n) is 4.17. The Labute approximate surface area is 179 Å². The van der Waals surface area contributed by atoms with Crippen LogP contribution in [0.1, 0.15) is 36.8 Å². The van der Waals surface area contributed by atoms with Crippen LogP contribution in [-0.4, -0.2) is 43.1 Å². The monoisotopic (exact) mass is 414 g/mol. The summed E-state index contributed by atoms with van der Waals surface area (Å²) < 4.78 is 5.56. The van der Waals surface area contributed by atoms with E-state index in [1.807, 2.05) is 42.5 Å². The lowest BCUT2D eigenvalue weighted by molar-refractivity contribution is -0.127. The minimum atomic E-state index is -0.0269. The molecule has 0 unspecified atom stereocenters. The van der Waals surface area contributed by atoms with Gasteiger partial charge in [-0.15, -0.1) is 0 Å². The molecule has 1 aliphatic rings. The summed E-state index contributed by atoms with van der Waals surface area (Å²) in [7, 11) is 4.32. The molecule has 0 heterocycles. The van der Waals surface area contributed by atoms with Gasteiger partial charge in [-0.3, -0.25) is 4.79 Å². The van der Waals surface area contributed by atoms with E-state index in [-0.39, 0.29) is 24.1 Å². The molecule has 0 bridgehead atoms. The zero-order chi connectivity index (χ0) is 20.7. The van der Waals surface area contributed by atoms with Crippen molar-refractivity contribution in [1.29, 1.82) is 0 Å². The number of hydrogen-bond donors (Lipinski definition) is 1. The van der Waals surface area contributed by atoms with E-state index in [2.05, 4.69) is 36.4 Å². The van der Waals surface area contributed by atoms with Crippen molar-refractivity contribution < 1.29 is 9.53 Å². The molecule has 156 valence electrons. The topological polar surface area (TPSA) is 41.6 Å². The van der Waals surface area contributed by atoms with E-state index >= 15 is 0 Å². The number of halogens is 1. The lowest BCUT2D eigenvalue weighted by Gasteiger charge is -2.45. The summed E-state index contributed by atoms with van der Waals surface area (Å²) in [5.41, 5.74) is 2.51. The number of hydrogen-bond acceptors (Lipinski definition) is 3. The highest BCUT2D eigenvalue weighted by Crippen LogP contribution is 2.35. The predicted octanol–water partition coefficient (Wildman–Crippen LogP) is 4.46. The van der Waals surface area contributed by atoms with Gasteiger partial charge in [-0.1, -0.05) is 54.1 Å². The van der Waals surface area contributed by atoms with Crippen LogP contribution in [0.25, 0.3) is 0 Å². The van der Waals surface area contributed by atoms with Crippen molar-refractivity contribution in [2.45, 2.75) is 50.3 Å². The van der Waals surface area contributed by atoms with Crippen LogP contribution in [-0.2, 0) is 22.6 Å². The van der Waals surface area contributed by atoms with E-state index in [1.165, 1.54) is 5.56 Å². The van der Waals surface area contributed by atoms with Gasteiger partial charge < -0.3 is 15.0 Å². The normalized spacial score (nSPS) is 21.9. The second kappa shape index (κ2) is 10.2. The molecule has 0 radical (unpaired) electrons. The predicted molar refractivity (Wildman–Crippen MR) is 118 cm³/mol. The zero-order valence-electron chi connectivity index (χ0n) is 17.4. The van der Waals surface area contributed by atoms with Gasteiger partial charge in [-0.05, 0) is 69.5 Å². The van der Waals surface area contributed by atoms with Crippen LogP contribution in [0.4, 0.5) is 0 Å². The standard InChI is InChI=1S/C24H31ClN2O2/c1-27(2)24(16-19-8-10-21(25)11-9-19)14-12-22(13-15-24)26-23(28)18-29-17-20-6-4-3-5-7-20/h3-11,22H,12-18H2,1-2H3,(H,26,28). The highest BCUT2D eigenvalue weighted by Gasteiger charge is 2.37. The molecule has 5 heteroatoms. The largest absolute Gasteiger partial charge is 0.367 e. The highest BCUT2D eigenvalue weighted by atomic mass is 35.5. The number of rotatable bonds is 8. The molecule has 0 aliphatic heterocycles. The number of likely N-dealkylation sites (N-methyl/N-ethyl adjacent to an activating group) is 1. The first-order chi connectivity index (χ1) is 14.0. The summed E-state index contributed by atoms with van der Waals surface area (Å²) in [5, 5.41) is 3.93. The van der Waals surface area contributed by atoms with Gasteiger partial charge in [0.15, 0.2) is 0 Å². The molecule has 4 nitrogen and oxygen atoms in total. The van der Waals surface area contributed by atoms with E-state index in [0.717, 1.165) is 42.7 Å². The molecule has 0 aromatic heterocycles. The molecule has 0 spiro atoms. The molecular weight excluding hydrogens is 384 g/mol. The summed E-state index contributed by atoms with van der Waals surface area (Å²) in [4.78, 5) is 14.6. The van der Waals surface area contributed by atoms with Gasteiger partial charge in [0.25, 0.3) is 0 Å². The molecule has 0 atom stereocenters. The average Bonchev–Trinajstić information content (AvgIpc) is 2.72. The van der Waals surface area contributed by atoms with Crippen LogP contribution in [0.2, 0.25) is 5.02 Å². The molecular formula is C24H31ClN2O2. The fraction of sp³-hybridized carbons (Fsp3) is 0.458.